The first-order valence-electron chi connectivity index (χ1n) is 11.1. The first-order chi connectivity index (χ1) is 17.4. The maximum atomic E-state index is 13.6. The lowest BCUT2D eigenvalue weighted by Crippen LogP contribution is -2.31. The van der Waals surface area contributed by atoms with E-state index in [4.69, 9.17) is 4.74 Å². The van der Waals surface area contributed by atoms with Crippen LogP contribution in [0.2, 0.25) is 0 Å². The molecule has 0 aliphatic rings. The molecule has 4 rings (SSSR count). The first kappa shape index (κ1) is 24.6. The van der Waals surface area contributed by atoms with Gasteiger partial charge in [-0.2, -0.15) is 5.26 Å². The number of esters is 1. The molecular formula is C27H22N4O4S. The number of rotatable bonds is 6. The molecule has 0 spiro atoms. The number of H-pyrrole nitrogens is 1. The number of aryl methyl sites for hydroxylation is 1. The standard InChI is InChI=1S/C27H22N4O4S/c1-4-35-27(34)22-16(2)23(30-17(22)3)24(32)20(15-28)26-31(19-11-6-5-7-12-19)25(33)21(36-26)14-18-10-8-9-13-29-18/h5-14,30H,4H2,1-3H3. The van der Waals surface area contributed by atoms with Gasteiger partial charge in [0, 0.05) is 11.9 Å². The van der Waals surface area contributed by atoms with Gasteiger partial charge in [-0.3, -0.25) is 19.1 Å². The van der Waals surface area contributed by atoms with Gasteiger partial charge in [-0.15, -0.1) is 11.3 Å². The Hall–Kier alpha value is -4.55. The van der Waals surface area contributed by atoms with Crippen molar-refractivity contribution in [3.05, 3.63) is 102 Å². The van der Waals surface area contributed by atoms with Crippen molar-refractivity contribution in [1.29, 1.82) is 5.26 Å². The summed E-state index contributed by atoms with van der Waals surface area (Å²) in [5.41, 5.74) is 1.69. The van der Waals surface area contributed by atoms with Crippen molar-refractivity contribution in [2.45, 2.75) is 20.8 Å². The van der Waals surface area contributed by atoms with Crippen LogP contribution in [-0.2, 0) is 4.74 Å². The number of nitrogens with one attached hydrogen (secondary N) is 1. The van der Waals surface area contributed by atoms with Crippen LogP contribution in [0.15, 0.2) is 59.5 Å². The molecule has 0 saturated heterocycles. The number of Topliss-reactive ketones (excluding diaryl/α,β-unsaturated/α-hetero) is 1. The highest BCUT2D eigenvalue weighted by molar-refractivity contribution is 7.07. The lowest BCUT2D eigenvalue weighted by molar-refractivity contribution is 0.0525. The molecule has 180 valence electrons. The molecule has 1 aromatic carbocycles. The van der Waals surface area contributed by atoms with Gasteiger partial charge in [-0.1, -0.05) is 24.3 Å². The van der Waals surface area contributed by atoms with Crippen LogP contribution in [0.25, 0.3) is 17.3 Å². The zero-order chi connectivity index (χ0) is 25.8. The molecule has 4 aromatic rings. The molecule has 0 saturated carbocycles. The number of thiazole rings is 1. The minimum atomic E-state index is -0.621. The largest absolute Gasteiger partial charge is 0.462 e. The van der Waals surface area contributed by atoms with Crippen molar-refractivity contribution in [3.8, 4) is 11.8 Å². The van der Waals surface area contributed by atoms with E-state index in [1.165, 1.54) is 4.57 Å². The van der Waals surface area contributed by atoms with E-state index in [0.29, 0.717) is 27.2 Å². The highest BCUT2D eigenvalue weighted by atomic mass is 32.1. The Bertz CT molecular complexity index is 1670. The molecule has 0 aliphatic carbocycles. The highest BCUT2D eigenvalue weighted by Crippen LogP contribution is 2.21. The fourth-order valence-corrected chi connectivity index (χ4v) is 4.95. The third-order valence-corrected chi connectivity index (χ3v) is 6.59. The number of hydrogen-bond acceptors (Lipinski definition) is 7. The average Bonchev–Trinajstić information content (AvgIpc) is 3.36. The predicted octanol–water partition coefficient (Wildman–Crippen LogP) is 2.80. The normalized spacial score (nSPS) is 12.2. The minimum Gasteiger partial charge on any atom is -0.462 e. The highest BCUT2D eigenvalue weighted by Gasteiger charge is 2.26. The van der Waals surface area contributed by atoms with Gasteiger partial charge < -0.3 is 9.72 Å². The Morgan fingerprint density at radius 3 is 2.53 bits per heavy atom. The summed E-state index contributed by atoms with van der Waals surface area (Å²) in [5, 5.41) is 10.1. The summed E-state index contributed by atoms with van der Waals surface area (Å²) in [5.74, 6) is -1.17. The second-order valence-corrected chi connectivity index (χ2v) is 8.84. The summed E-state index contributed by atoms with van der Waals surface area (Å²) >= 11 is 1.03. The number of hydrogen-bond donors (Lipinski definition) is 1. The van der Waals surface area contributed by atoms with E-state index >= 15 is 0 Å². The number of nitriles is 1. The van der Waals surface area contributed by atoms with Crippen LogP contribution in [0.1, 0.15) is 44.7 Å². The van der Waals surface area contributed by atoms with Crippen molar-refractivity contribution in [1.82, 2.24) is 14.5 Å². The Balaban J connectivity index is 2.00. The topological polar surface area (TPSA) is 118 Å². The van der Waals surface area contributed by atoms with Crippen LogP contribution in [0.5, 0.6) is 0 Å². The number of carbonyl (C=O) groups excluding carboxylic acids is 2. The molecule has 0 fully saturated rings. The van der Waals surface area contributed by atoms with Crippen molar-refractivity contribution < 1.29 is 14.3 Å². The summed E-state index contributed by atoms with van der Waals surface area (Å²) < 4.78 is 6.97. The summed E-state index contributed by atoms with van der Waals surface area (Å²) in [6, 6.07) is 16.1. The maximum Gasteiger partial charge on any atom is 0.340 e. The predicted molar refractivity (Wildman–Crippen MR) is 137 cm³/mol. The van der Waals surface area contributed by atoms with E-state index in [2.05, 4.69) is 9.97 Å². The van der Waals surface area contributed by atoms with Gasteiger partial charge in [0.05, 0.1) is 33.8 Å². The van der Waals surface area contributed by atoms with Gasteiger partial charge >= 0.3 is 5.97 Å². The van der Waals surface area contributed by atoms with Crippen molar-refractivity contribution in [2.75, 3.05) is 6.61 Å². The minimum absolute atomic E-state index is 0.0998. The molecule has 3 aromatic heterocycles. The zero-order valence-electron chi connectivity index (χ0n) is 19.9. The van der Waals surface area contributed by atoms with Gasteiger partial charge in [0.1, 0.15) is 16.3 Å². The summed E-state index contributed by atoms with van der Waals surface area (Å²) in [6.07, 6.45) is 3.24. The Labute approximate surface area is 210 Å². The van der Waals surface area contributed by atoms with Gasteiger partial charge in [0.25, 0.3) is 5.56 Å². The van der Waals surface area contributed by atoms with Crippen LogP contribution in [-0.4, -0.2) is 32.9 Å². The van der Waals surface area contributed by atoms with Gasteiger partial charge in [0.2, 0.25) is 5.78 Å². The van der Waals surface area contributed by atoms with Crippen LogP contribution < -0.4 is 14.8 Å². The van der Waals surface area contributed by atoms with Gasteiger partial charge in [-0.05, 0) is 56.7 Å². The number of ether oxygens (including phenoxy) is 1. The third kappa shape index (κ3) is 4.54. The van der Waals surface area contributed by atoms with Crippen molar-refractivity contribution in [2.24, 2.45) is 0 Å². The average molecular weight is 499 g/mol. The molecule has 9 heteroatoms. The molecule has 0 aliphatic heterocycles. The van der Waals surface area contributed by atoms with E-state index in [9.17, 15) is 19.6 Å². The van der Waals surface area contributed by atoms with E-state index in [-0.39, 0.29) is 33.7 Å². The lowest BCUT2D eigenvalue weighted by Gasteiger charge is -2.04. The second-order valence-electron chi connectivity index (χ2n) is 7.81. The molecule has 0 radical (unpaired) electrons. The molecule has 0 bridgehead atoms. The lowest BCUT2D eigenvalue weighted by atomic mass is 10.0. The molecule has 36 heavy (non-hydrogen) atoms. The number of aromatic amines is 1. The van der Waals surface area contributed by atoms with Crippen molar-refractivity contribution >= 4 is 34.7 Å². The van der Waals surface area contributed by atoms with Crippen LogP contribution in [0, 0.1) is 25.2 Å². The molecule has 1 N–H and O–H groups in total. The number of carbonyl (C=O) groups is 2. The molecule has 0 unspecified atom stereocenters. The van der Waals surface area contributed by atoms with Gasteiger partial charge in [0.15, 0.2) is 0 Å². The first-order valence-corrected chi connectivity index (χ1v) is 11.9. The number of nitrogens with zero attached hydrogens (tertiary/aromatic N) is 3. The van der Waals surface area contributed by atoms with Crippen LogP contribution >= 0.6 is 11.3 Å². The Morgan fingerprint density at radius 1 is 1.17 bits per heavy atom. The molecule has 0 amide bonds. The number of pyridine rings is 1. The number of aromatic nitrogens is 3. The summed E-state index contributed by atoms with van der Waals surface area (Å²) in [4.78, 5) is 46.7. The van der Waals surface area contributed by atoms with E-state index in [1.807, 2.05) is 12.1 Å². The fourth-order valence-electron chi connectivity index (χ4n) is 3.86. The zero-order valence-corrected chi connectivity index (χ0v) is 20.7. The molecule has 0 atom stereocenters. The van der Waals surface area contributed by atoms with E-state index < -0.39 is 11.8 Å². The summed E-state index contributed by atoms with van der Waals surface area (Å²) in [7, 11) is 0. The smallest absolute Gasteiger partial charge is 0.340 e. The number of benzene rings is 1. The SMILES string of the molecule is CCOC(=O)c1c(C)[nH]c(C(=O)C(C#N)=c2sc(=Cc3ccccn3)c(=O)n2-c2ccccc2)c1C. The maximum absolute atomic E-state index is 13.6. The van der Waals surface area contributed by atoms with Crippen LogP contribution in [0.3, 0.4) is 0 Å². The second kappa shape index (κ2) is 10.4. The Kier molecular flexibility index (Phi) is 7.08. The Morgan fingerprint density at radius 2 is 1.89 bits per heavy atom. The number of ketones is 1. The molecular weight excluding hydrogens is 476 g/mol. The van der Waals surface area contributed by atoms with E-state index in [1.54, 1.807) is 75.5 Å². The molecule has 3 heterocycles. The third-order valence-electron chi connectivity index (χ3n) is 5.50. The molecule has 8 nitrogen and oxygen atoms in total. The van der Waals surface area contributed by atoms with Gasteiger partial charge in [-0.25, -0.2) is 4.79 Å². The van der Waals surface area contributed by atoms with Crippen molar-refractivity contribution in [3.63, 3.8) is 0 Å². The quantitative estimate of drug-likeness (QED) is 0.323. The van der Waals surface area contributed by atoms with Crippen LogP contribution in [0.4, 0.5) is 0 Å². The number of para-hydroxylation sites is 1. The van der Waals surface area contributed by atoms with E-state index in [0.717, 1.165) is 11.3 Å². The summed E-state index contributed by atoms with van der Waals surface area (Å²) in [6.45, 7) is 5.17. The monoisotopic (exact) mass is 498 g/mol. The fraction of sp³-hybridized carbons (Fsp3) is 0.148.